The van der Waals surface area contributed by atoms with Gasteiger partial charge in [0.25, 0.3) is 0 Å². The number of rotatable bonds is 2. The Morgan fingerprint density at radius 1 is 1.21 bits per heavy atom. The van der Waals surface area contributed by atoms with Gasteiger partial charge in [0.2, 0.25) is 5.24 Å². The fourth-order valence-corrected chi connectivity index (χ4v) is 3.74. The fourth-order valence-electron chi connectivity index (χ4n) is 3.56. The van der Waals surface area contributed by atoms with Crippen molar-refractivity contribution in [3.63, 3.8) is 0 Å². The lowest BCUT2D eigenvalue weighted by molar-refractivity contribution is -0.112. The third-order valence-corrected chi connectivity index (χ3v) is 4.21. The molecule has 2 bridgehead atoms. The second-order valence-electron chi connectivity index (χ2n) is 4.71. The SMILES string of the molecule is O=C(Cl)C[C@H]1C=C[C@H]2[C@@H]1[C@H]1C=C[C@@H]2C1. The summed E-state index contributed by atoms with van der Waals surface area (Å²) in [6, 6.07) is 0. The molecule has 0 aromatic carbocycles. The number of halogens is 1. The highest BCUT2D eigenvalue weighted by atomic mass is 35.5. The number of carbonyl (C=O) groups is 1. The maximum Gasteiger partial charge on any atom is 0.222 e. The van der Waals surface area contributed by atoms with Crippen molar-refractivity contribution in [3.05, 3.63) is 24.3 Å². The standard InChI is InChI=1S/C12H13ClO/c13-11(14)6-9-3-4-10-7-1-2-8(5-7)12(9)10/h1-4,7-10,12H,5-6H2/t7-,8+,9-,10-,12-/m1/s1. The van der Waals surface area contributed by atoms with E-state index in [4.69, 9.17) is 11.6 Å². The second kappa shape index (κ2) is 2.96. The Balaban J connectivity index is 1.82. The molecule has 1 nitrogen and oxygen atoms in total. The third kappa shape index (κ3) is 1.12. The Labute approximate surface area is 88.8 Å². The minimum Gasteiger partial charge on any atom is -0.281 e. The van der Waals surface area contributed by atoms with Crippen molar-refractivity contribution < 1.29 is 4.79 Å². The van der Waals surface area contributed by atoms with Gasteiger partial charge in [-0.25, -0.2) is 0 Å². The number of carbonyl (C=O) groups excluding carboxylic acids is 1. The van der Waals surface area contributed by atoms with Crippen LogP contribution < -0.4 is 0 Å². The maximum absolute atomic E-state index is 10.9. The van der Waals surface area contributed by atoms with Gasteiger partial charge in [-0.1, -0.05) is 24.3 Å². The summed E-state index contributed by atoms with van der Waals surface area (Å²) in [5.74, 6) is 3.24. The van der Waals surface area contributed by atoms with Crippen LogP contribution in [0.5, 0.6) is 0 Å². The summed E-state index contributed by atoms with van der Waals surface area (Å²) in [5, 5.41) is -0.188. The van der Waals surface area contributed by atoms with Crippen LogP contribution in [-0.2, 0) is 4.79 Å². The Morgan fingerprint density at radius 2 is 2.00 bits per heavy atom. The zero-order chi connectivity index (χ0) is 9.71. The quantitative estimate of drug-likeness (QED) is 0.504. The first-order valence-corrected chi connectivity index (χ1v) is 5.68. The normalized spacial score (nSPS) is 47.4. The molecule has 3 rings (SSSR count). The number of hydrogen-bond acceptors (Lipinski definition) is 1. The van der Waals surface area contributed by atoms with Gasteiger partial charge in [0.1, 0.15) is 0 Å². The summed E-state index contributed by atoms with van der Waals surface area (Å²) in [6.07, 6.45) is 11.0. The van der Waals surface area contributed by atoms with Crippen LogP contribution in [0.3, 0.4) is 0 Å². The van der Waals surface area contributed by atoms with E-state index in [1.165, 1.54) is 6.42 Å². The van der Waals surface area contributed by atoms with Crippen LogP contribution in [0.15, 0.2) is 24.3 Å². The van der Waals surface area contributed by atoms with Gasteiger partial charge in [0.05, 0.1) is 0 Å². The highest BCUT2D eigenvalue weighted by molar-refractivity contribution is 6.63. The maximum atomic E-state index is 10.9. The van der Waals surface area contributed by atoms with E-state index >= 15 is 0 Å². The molecule has 0 radical (unpaired) electrons. The summed E-state index contributed by atoms with van der Waals surface area (Å²) < 4.78 is 0. The number of hydrogen-bond donors (Lipinski definition) is 0. The number of allylic oxidation sites excluding steroid dienone is 4. The van der Waals surface area contributed by atoms with Gasteiger partial charge >= 0.3 is 0 Å². The van der Waals surface area contributed by atoms with Gasteiger partial charge in [-0.05, 0) is 47.6 Å². The second-order valence-corrected chi connectivity index (χ2v) is 5.13. The average molecular weight is 209 g/mol. The topological polar surface area (TPSA) is 17.1 Å². The minimum absolute atomic E-state index is 0.188. The van der Waals surface area contributed by atoms with Gasteiger partial charge in [0.15, 0.2) is 0 Å². The summed E-state index contributed by atoms with van der Waals surface area (Å²) in [4.78, 5) is 10.9. The van der Waals surface area contributed by atoms with Crippen LogP contribution in [0.1, 0.15) is 12.8 Å². The Bertz CT molecular complexity index is 331. The van der Waals surface area contributed by atoms with E-state index in [0.29, 0.717) is 30.1 Å². The van der Waals surface area contributed by atoms with E-state index in [1.54, 1.807) is 0 Å². The van der Waals surface area contributed by atoms with Crippen LogP contribution in [0.25, 0.3) is 0 Å². The molecular weight excluding hydrogens is 196 g/mol. The van der Waals surface area contributed by atoms with Gasteiger partial charge in [0, 0.05) is 6.42 Å². The van der Waals surface area contributed by atoms with Crippen molar-refractivity contribution in [2.24, 2.45) is 29.6 Å². The third-order valence-electron chi connectivity index (χ3n) is 4.05. The summed E-state index contributed by atoms with van der Waals surface area (Å²) in [5.41, 5.74) is 0. The molecule has 0 saturated heterocycles. The molecule has 1 fully saturated rings. The molecule has 0 aliphatic heterocycles. The summed E-state index contributed by atoms with van der Waals surface area (Å²) >= 11 is 5.46. The number of fused-ring (bicyclic) bond motifs is 5. The smallest absolute Gasteiger partial charge is 0.222 e. The van der Waals surface area contributed by atoms with E-state index in [-0.39, 0.29) is 5.24 Å². The molecule has 0 amide bonds. The highest BCUT2D eigenvalue weighted by Crippen LogP contribution is 2.55. The molecule has 3 aliphatic carbocycles. The van der Waals surface area contributed by atoms with Crippen LogP contribution >= 0.6 is 11.6 Å². The van der Waals surface area contributed by atoms with Gasteiger partial charge in [-0.2, -0.15) is 0 Å². The largest absolute Gasteiger partial charge is 0.281 e. The Hall–Kier alpha value is -0.560. The monoisotopic (exact) mass is 208 g/mol. The van der Waals surface area contributed by atoms with Gasteiger partial charge < -0.3 is 0 Å². The van der Waals surface area contributed by atoms with Crippen molar-refractivity contribution in [2.45, 2.75) is 12.8 Å². The van der Waals surface area contributed by atoms with Crippen LogP contribution in [-0.4, -0.2) is 5.24 Å². The predicted octanol–water partition coefficient (Wildman–Crippen LogP) is 2.77. The summed E-state index contributed by atoms with van der Waals surface area (Å²) in [6.45, 7) is 0. The minimum atomic E-state index is -0.188. The molecule has 3 aliphatic rings. The van der Waals surface area contributed by atoms with E-state index < -0.39 is 0 Å². The Morgan fingerprint density at radius 3 is 2.79 bits per heavy atom. The molecule has 74 valence electrons. The van der Waals surface area contributed by atoms with E-state index in [0.717, 1.165) is 5.92 Å². The van der Waals surface area contributed by atoms with Crippen molar-refractivity contribution in [2.75, 3.05) is 0 Å². The first-order valence-electron chi connectivity index (χ1n) is 5.30. The molecule has 0 spiro atoms. The van der Waals surface area contributed by atoms with E-state index in [1.807, 2.05) is 0 Å². The lowest BCUT2D eigenvalue weighted by Gasteiger charge is -2.25. The lowest BCUT2D eigenvalue weighted by atomic mass is 9.79. The predicted molar refractivity (Wildman–Crippen MR) is 55.8 cm³/mol. The van der Waals surface area contributed by atoms with Crippen molar-refractivity contribution >= 4 is 16.8 Å². The molecule has 0 unspecified atom stereocenters. The zero-order valence-electron chi connectivity index (χ0n) is 7.90. The van der Waals surface area contributed by atoms with E-state index in [9.17, 15) is 4.79 Å². The van der Waals surface area contributed by atoms with Crippen LogP contribution in [0, 0.1) is 29.6 Å². The lowest BCUT2D eigenvalue weighted by Crippen LogP contribution is -2.21. The van der Waals surface area contributed by atoms with E-state index in [2.05, 4.69) is 24.3 Å². The highest BCUT2D eigenvalue weighted by Gasteiger charge is 2.48. The van der Waals surface area contributed by atoms with Gasteiger partial charge in [-0.3, -0.25) is 4.79 Å². The average Bonchev–Trinajstić information content (AvgIpc) is 2.74. The molecule has 0 aromatic rings. The Kier molecular flexibility index (Phi) is 1.85. The zero-order valence-corrected chi connectivity index (χ0v) is 8.65. The molecule has 0 N–H and O–H groups in total. The van der Waals surface area contributed by atoms with Crippen LogP contribution in [0.2, 0.25) is 0 Å². The molecule has 2 heteroatoms. The molecule has 0 heterocycles. The van der Waals surface area contributed by atoms with Crippen molar-refractivity contribution in [1.29, 1.82) is 0 Å². The molecule has 14 heavy (non-hydrogen) atoms. The molecule has 1 saturated carbocycles. The first-order chi connectivity index (χ1) is 6.75. The fraction of sp³-hybridized carbons (Fsp3) is 0.583. The van der Waals surface area contributed by atoms with Crippen LogP contribution in [0.4, 0.5) is 0 Å². The summed E-state index contributed by atoms with van der Waals surface area (Å²) in [7, 11) is 0. The molecule has 0 aromatic heterocycles. The first kappa shape index (κ1) is 8.72. The van der Waals surface area contributed by atoms with Gasteiger partial charge in [-0.15, -0.1) is 0 Å². The molecule has 5 atom stereocenters. The van der Waals surface area contributed by atoms with Crippen molar-refractivity contribution in [3.8, 4) is 0 Å². The van der Waals surface area contributed by atoms with Crippen molar-refractivity contribution in [1.82, 2.24) is 0 Å². The molecular formula is C12H13ClO.